The molecule has 2 aliphatic rings. The van der Waals surface area contributed by atoms with E-state index in [1.807, 2.05) is 0 Å². The maximum atomic E-state index is 12.4. The number of esters is 5. The number of phenolic OH excluding ortho intramolecular Hbond substituents is 1. The Labute approximate surface area is 262 Å². The lowest BCUT2D eigenvalue weighted by molar-refractivity contribution is -0.383. The van der Waals surface area contributed by atoms with Crippen LogP contribution >= 0.6 is 0 Å². The van der Waals surface area contributed by atoms with Gasteiger partial charge in [0.25, 0.3) is 0 Å². The molecule has 0 aromatic heterocycles. The summed E-state index contributed by atoms with van der Waals surface area (Å²) in [4.78, 5) is 59.5. The number of phenols is 1. The van der Waals surface area contributed by atoms with Crippen LogP contribution in [0.15, 0.2) is 30.3 Å². The van der Waals surface area contributed by atoms with Crippen LogP contribution < -0.4 is 0 Å². The maximum absolute atomic E-state index is 12.4. The van der Waals surface area contributed by atoms with Crippen LogP contribution in [0.5, 0.6) is 5.75 Å². The minimum absolute atomic E-state index is 0.0277. The van der Waals surface area contributed by atoms with Crippen molar-refractivity contribution in [1.82, 2.24) is 0 Å². The molecule has 0 saturated carbocycles. The van der Waals surface area contributed by atoms with Gasteiger partial charge in [0.1, 0.15) is 50.0 Å². The SMILES string of the molecule is CC(=O)OC[C@H]1O[C@H](O[C@]2(CO)O[C@H](COC(=O)/C=C/c3ccc(O)cc3)[C@H](OC(C)=O)[C@H]2O)[C@H](O)[C@@H](OC(C)=O)[C@@H]1OC(C)=O. The van der Waals surface area contributed by atoms with Gasteiger partial charge >= 0.3 is 29.8 Å². The predicted molar refractivity (Wildman–Crippen MR) is 148 cm³/mol. The van der Waals surface area contributed by atoms with E-state index in [9.17, 15) is 44.4 Å². The Morgan fingerprint density at radius 3 is 1.93 bits per heavy atom. The first kappa shape index (κ1) is 36.3. The number of carbonyl (C=O) groups excluding carboxylic acids is 5. The van der Waals surface area contributed by atoms with E-state index in [2.05, 4.69) is 0 Å². The van der Waals surface area contributed by atoms with Gasteiger partial charge in [-0.15, -0.1) is 0 Å². The average Bonchev–Trinajstić information content (AvgIpc) is 3.23. The highest BCUT2D eigenvalue weighted by Gasteiger charge is 2.61. The lowest BCUT2D eigenvalue weighted by Crippen LogP contribution is -2.64. The van der Waals surface area contributed by atoms with Crippen molar-refractivity contribution in [1.29, 1.82) is 0 Å². The minimum Gasteiger partial charge on any atom is -0.508 e. The van der Waals surface area contributed by atoms with E-state index in [4.69, 9.17) is 37.9 Å². The van der Waals surface area contributed by atoms with Crippen molar-refractivity contribution < 1.29 is 82.3 Å². The van der Waals surface area contributed by atoms with Crippen molar-refractivity contribution in [2.45, 2.75) is 82.5 Å². The summed E-state index contributed by atoms with van der Waals surface area (Å²) in [6, 6.07) is 5.90. The van der Waals surface area contributed by atoms with Crippen LogP contribution in [0.3, 0.4) is 0 Å². The van der Waals surface area contributed by atoms with Crippen molar-refractivity contribution in [3.63, 3.8) is 0 Å². The first-order valence-corrected chi connectivity index (χ1v) is 13.9. The summed E-state index contributed by atoms with van der Waals surface area (Å²) in [5.74, 6) is -6.72. The summed E-state index contributed by atoms with van der Waals surface area (Å²) in [6.07, 6.45) is -10.9. The second-order valence-corrected chi connectivity index (χ2v) is 10.3. The smallest absolute Gasteiger partial charge is 0.330 e. The Kier molecular flexibility index (Phi) is 12.6. The second kappa shape index (κ2) is 15.9. The summed E-state index contributed by atoms with van der Waals surface area (Å²) < 4.78 is 42.9. The third-order valence-electron chi connectivity index (χ3n) is 6.68. The molecule has 0 amide bonds. The van der Waals surface area contributed by atoms with Gasteiger partial charge in [-0.3, -0.25) is 19.2 Å². The molecule has 17 nitrogen and oxygen atoms in total. The van der Waals surface area contributed by atoms with Crippen molar-refractivity contribution in [3.8, 4) is 5.75 Å². The Hall–Kier alpha value is -4.13. The van der Waals surface area contributed by atoms with Crippen molar-refractivity contribution in [2.75, 3.05) is 19.8 Å². The van der Waals surface area contributed by atoms with Crippen molar-refractivity contribution in [3.05, 3.63) is 35.9 Å². The molecule has 2 aliphatic heterocycles. The third-order valence-corrected chi connectivity index (χ3v) is 6.68. The topological polar surface area (TPSA) is 240 Å². The molecule has 0 aliphatic carbocycles. The van der Waals surface area contributed by atoms with Gasteiger partial charge in [0.05, 0.1) is 0 Å². The fourth-order valence-corrected chi connectivity index (χ4v) is 4.72. The quantitative estimate of drug-likeness (QED) is 0.118. The summed E-state index contributed by atoms with van der Waals surface area (Å²) in [5, 5.41) is 42.0. The van der Waals surface area contributed by atoms with E-state index >= 15 is 0 Å². The molecule has 1 aromatic carbocycles. The fourth-order valence-electron chi connectivity index (χ4n) is 4.72. The van der Waals surface area contributed by atoms with Gasteiger partial charge in [-0.2, -0.15) is 0 Å². The van der Waals surface area contributed by atoms with Crippen LogP contribution in [0.1, 0.15) is 33.3 Å². The molecule has 17 heteroatoms. The Morgan fingerprint density at radius 1 is 0.804 bits per heavy atom. The zero-order chi connectivity index (χ0) is 34.2. The second-order valence-electron chi connectivity index (χ2n) is 10.3. The average molecular weight is 657 g/mol. The largest absolute Gasteiger partial charge is 0.508 e. The monoisotopic (exact) mass is 656 g/mol. The Morgan fingerprint density at radius 2 is 1.37 bits per heavy atom. The van der Waals surface area contributed by atoms with E-state index < -0.39 is 104 Å². The summed E-state index contributed by atoms with van der Waals surface area (Å²) in [5.41, 5.74) is 0.564. The summed E-state index contributed by atoms with van der Waals surface area (Å²) in [7, 11) is 0. The van der Waals surface area contributed by atoms with E-state index in [1.165, 1.54) is 30.3 Å². The normalized spacial score (nSPS) is 30.8. The van der Waals surface area contributed by atoms with E-state index in [-0.39, 0.29) is 5.75 Å². The third kappa shape index (κ3) is 9.44. The number of hydrogen-bond acceptors (Lipinski definition) is 17. The molecular formula is C29H36O17. The lowest BCUT2D eigenvalue weighted by Gasteiger charge is -2.45. The molecule has 2 fully saturated rings. The fraction of sp³-hybridized carbons (Fsp3) is 0.552. The number of aromatic hydroxyl groups is 1. The van der Waals surface area contributed by atoms with Gasteiger partial charge in [0.15, 0.2) is 24.6 Å². The highest BCUT2D eigenvalue weighted by molar-refractivity contribution is 5.87. The van der Waals surface area contributed by atoms with Gasteiger partial charge < -0.3 is 58.3 Å². The Bertz CT molecular complexity index is 1280. The molecule has 46 heavy (non-hydrogen) atoms. The molecule has 0 unspecified atom stereocenters. The molecule has 9 atom stereocenters. The molecule has 2 saturated heterocycles. The molecule has 254 valence electrons. The lowest BCUT2D eigenvalue weighted by atomic mass is 9.98. The van der Waals surface area contributed by atoms with Gasteiger partial charge in [-0.1, -0.05) is 12.1 Å². The zero-order valence-corrected chi connectivity index (χ0v) is 25.3. The predicted octanol–water partition coefficient (Wildman–Crippen LogP) is -1.14. The van der Waals surface area contributed by atoms with Crippen molar-refractivity contribution in [2.24, 2.45) is 0 Å². The molecular weight excluding hydrogens is 620 g/mol. The molecule has 3 rings (SSSR count). The van der Waals surface area contributed by atoms with Crippen LogP contribution in [0.4, 0.5) is 0 Å². The van der Waals surface area contributed by atoms with Crippen LogP contribution in [0.2, 0.25) is 0 Å². The van der Waals surface area contributed by atoms with Gasteiger partial charge in [-0.05, 0) is 23.8 Å². The van der Waals surface area contributed by atoms with Gasteiger partial charge in [0.2, 0.25) is 5.79 Å². The van der Waals surface area contributed by atoms with Crippen molar-refractivity contribution >= 4 is 35.9 Å². The first-order chi connectivity index (χ1) is 21.6. The molecule has 1 aromatic rings. The summed E-state index contributed by atoms with van der Waals surface area (Å²) in [6.45, 7) is 1.85. The minimum atomic E-state index is -2.49. The van der Waals surface area contributed by atoms with E-state index in [0.717, 1.165) is 33.8 Å². The Balaban J connectivity index is 1.84. The van der Waals surface area contributed by atoms with Crippen LogP contribution in [0, 0.1) is 0 Å². The molecule has 2 heterocycles. The first-order valence-electron chi connectivity index (χ1n) is 13.9. The number of rotatable bonds is 12. The van der Waals surface area contributed by atoms with Gasteiger partial charge in [0, 0.05) is 33.8 Å². The number of aliphatic hydroxyl groups excluding tert-OH is 3. The molecule has 0 spiro atoms. The number of ether oxygens (including phenoxy) is 8. The zero-order valence-electron chi connectivity index (χ0n) is 25.3. The van der Waals surface area contributed by atoms with Crippen LogP contribution in [-0.2, 0) is 61.9 Å². The number of benzene rings is 1. The van der Waals surface area contributed by atoms with E-state index in [0.29, 0.717) is 5.56 Å². The highest BCUT2D eigenvalue weighted by Crippen LogP contribution is 2.38. The molecule has 4 N–H and O–H groups in total. The standard InChI is InChI=1S/C29H36O17/c1-14(31)39-11-20-24(41-15(2)32)26(43-17(4)34)23(37)28(44-20)46-29(13-30)27(38)25(42-16(3)33)21(45-29)12-40-22(36)10-7-18-5-8-19(35)9-6-18/h5-10,20-21,23-28,30,35,37-38H,11-13H2,1-4H3/b10-7+/t20-,21-,23-,24-,25+,26-,27-,28-,29+/m1/s1. The highest BCUT2D eigenvalue weighted by atomic mass is 16.8. The maximum Gasteiger partial charge on any atom is 0.330 e. The van der Waals surface area contributed by atoms with Gasteiger partial charge in [-0.25, -0.2) is 4.79 Å². The number of carbonyl (C=O) groups is 5. The summed E-state index contributed by atoms with van der Waals surface area (Å²) >= 11 is 0. The molecule has 0 bridgehead atoms. The van der Waals surface area contributed by atoms with Crippen LogP contribution in [-0.4, -0.2) is 125 Å². The number of aliphatic hydroxyl groups is 3. The van der Waals surface area contributed by atoms with Crippen LogP contribution in [0.25, 0.3) is 6.08 Å². The number of hydrogen-bond donors (Lipinski definition) is 4. The van der Waals surface area contributed by atoms with E-state index in [1.54, 1.807) is 0 Å². The molecule has 0 radical (unpaired) electrons.